The normalized spacial score (nSPS) is 13.0. The van der Waals surface area contributed by atoms with Gasteiger partial charge in [-0.2, -0.15) is 11.8 Å². The first-order valence-corrected chi connectivity index (χ1v) is 5.01. The Morgan fingerprint density at radius 1 is 1.45 bits per heavy atom. The van der Waals surface area contributed by atoms with Crippen molar-refractivity contribution in [2.24, 2.45) is 5.92 Å². The monoisotopic (exact) mass is 172 g/mol. The highest BCUT2D eigenvalue weighted by molar-refractivity contribution is 7.99. The lowest BCUT2D eigenvalue weighted by molar-refractivity contribution is 0.205. The maximum atomic E-state index is 9.20. The van der Waals surface area contributed by atoms with Crippen LogP contribution in [0.3, 0.4) is 0 Å². The van der Waals surface area contributed by atoms with Gasteiger partial charge < -0.3 is 5.11 Å². The van der Waals surface area contributed by atoms with E-state index >= 15 is 0 Å². The number of aliphatic hydroxyl groups excluding tert-OH is 1. The standard InChI is InChI=1S/C9H16OS/c1-4-5-9(10)7-11-6-8(2)3/h1,8-10H,5-7H2,2-3H3. The highest BCUT2D eigenvalue weighted by Crippen LogP contribution is 2.09. The summed E-state index contributed by atoms with van der Waals surface area (Å²) in [5.41, 5.74) is 0. The van der Waals surface area contributed by atoms with E-state index in [-0.39, 0.29) is 6.10 Å². The van der Waals surface area contributed by atoms with E-state index in [1.807, 2.05) is 0 Å². The van der Waals surface area contributed by atoms with Crippen molar-refractivity contribution >= 4 is 11.8 Å². The Morgan fingerprint density at radius 3 is 2.55 bits per heavy atom. The highest BCUT2D eigenvalue weighted by Gasteiger charge is 2.02. The molecule has 0 amide bonds. The molecule has 0 bridgehead atoms. The van der Waals surface area contributed by atoms with Gasteiger partial charge in [0.2, 0.25) is 0 Å². The molecule has 1 nitrogen and oxygen atoms in total. The molecule has 0 heterocycles. The van der Waals surface area contributed by atoms with Crippen LogP contribution in [0.4, 0.5) is 0 Å². The van der Waals surface area contributed by atoms with E-state index in [0.717, 1.165) is 11.5 Å². The van der Waals surface area contributed by atoms with Gasteiger partial charge in [-0.1, -0.05) is 13.8 Å². The van der Waals surface area contributed by atoms with Gasteiger partial charge in [-0.25, -0.2) is 0 Å². The molecule has 0 aromatic carbocycles. The molecule has 64 valence electrons. The molecule has 0 fully saturated rings. The predicted octanol–water partition coefficient (Wildman–Crippen LogP) is 1.76. The zero-order chi connectivity index (χ0) is 8.69. The Bertz CT molecular complexity index is 126. The van der Waals surface area contributed by atoms with Crippen molar-refractivity contribution in [2.45, 2.75) is 26.4 Å². The second-order valence-electron chi connectivity index (χ2n) is 2.99. The van der Waals surface area contributed by atoms with Crippen molar-refractivity contribution in [1.82, 2.24) is 0 Å². The molecule has 1 unspecified atom stereocenters. The Balaban J connectivity index is 3.18. The number of terminal acetylenes is 1. The van der Waals surface area contributed by atoms with E-state index in [2.05, 4.69) is 19.8 Å². The molecule has 1 N–H and O–H groups in total. The molecule has 0 aliphatic heterocycles. The number of hydrogen-bond donors (Lipinski definition) is 1. The van der Waals surface area contributed by atoms with Crippen LogP contribution in [-0.2, 0) is 0 Å². The van der Waals surface area contributed by atoms with Crippen LogP contribution in [0.1, 0.15) is 20.3 Å². The van der Waals surface area contributed by atoms with Gasteiger partial charge in [0, 0.05) is 12.2 Å². The topological polar surface area (TPSA) is 20.2 Å². The van der Waals surface area contributed by atoms with Gasteiger partial charge in [0.25, 0.3) is 0 Å². The first-order chi connectivity index (χ1) is 5.16. The largest absolute Gasteiger partial charge is 0.391 e. The molecular weight excluding hydrogens is 156 g/mol. The van der Waals surface area contributed by atoms with E-state index in [0.29, 0.717) is 12.3 Å². The zero-order valence-corrected chi connectivity index (χ0v) is 8.03. The van der Waals surface area contributed by atoms with Gasteiger partial charge >= 0.3 is 0 Å². The molecule has 0 rings (SSSR count). The minimum Gasteiger partial charge on any atom is -0.391 e. The van der Waals surface area contributed by atoms with Crippen LogP contribution in [0.25, 0.3) is 0 Å². The van der Waals surface area contributed by atoms with E-state index in [1.165, 1.54) is 0 Å². The fourth-order valence-electron chi connectivity index (χ4n) is 0.635. The van der Waals surface area contributed by atoms with Crippen LogP contribution in [0, 0.1) is 18.3 Å². The van der Waals surface area contributed by atoms with Crippen LogP contribution in [0.2, 0.25) is 0 Å². The van der Waals surface area contributed by atoms with Gasteiger partial charge in [-0.3, -0.25) is 0 Å². The third kappa shape index (κ3) is 7.77. The van der Waals surface area contributed by atoms with Gasteiger partial charge in [-0.15, -0.1) is 12.3 Å². The molecule has 2 heteroatoms. The zero-order valence-electron chi connectivity index (χ0n) is 7.21. The summed E-state index contributed by atoms with van der Waals surface area (Å²) in [6, 6.07) is 0. The average Bonchev–Trinajstić information content (AvgIpc) is 1.87. The Hall–Kier alpha value is -0.130. The second kappa shape index (κ2) is 6.57. The number of aliphatic hydroxyl groups is 1. The molecule has 0 aromatic rings. The predicted molar refractivity (Wildman–Crippen MR) is 51.6 cm³/mol. The Kier molecular flexibility index (Phi) is 6.49. The van der Waals surface area contributed by atoms with Gasteiger partial charge in [0.1, 0.15) is 0 Å². The molecule has 11 heavy (non-hydrogen) atoms. The van der Waals surface area contributed by atoms with Crippen molar-refractivity contribution in [3.63, 3.8) is 0 Å². The Morgan fingerprint density at radius 2 is 2.09 bits per heavy atom. The van der Waals surface area contributed by atoms with Crippen molar-refractivity contribution in [3.05, 3.63) is 0 Å². The Labute approximate surface area is 73.6 Å². The minimum absolute atomic E-state index is 0.316. The smallest absolute Gasteiger partial charge is 0.0739 e. The second-order valence-corrected chi connectivity index (χ2v) is 4.07. The van der Waals surface area contributed by atoms with Crippen molar-refractivity contribution in [3.8, 4) is 12.3 Å². The maximum Gasteiger partial charge on any atom is 0.0739 e. The lowest BCUT2D eigenvalue weighted by Gasteiger charge is -2.07. The van der Waals surface area contributed by atoms with E-state index in [4.69, 9.17) is 6.42 Å². The molecule has 0 saturated carbocycles. The molecule has 0 aromatic heterocycles. The van der Waals surface area contributed by atoms with E-state index in [1.54, 1.807) is 11.8 Å². The number of hydrogen-bond acceptors (Lipinski definition) is 2. The third-order valence-corrected chi connectivity index (χ3v) is 2.64. The van der Waals surface area contributed by atoms with Crippen molar-refractivity contribution in [2.75, 3.05) is 11.5 Å². The molecule has 0 radical (unpaired) electrons. The van der Waals surface area contributed by atoms with Crippen LogP contribution in [0.5, 0.6) is 0 Å². The lowest BCUT2D eigenvalue weighted by atomic mass is 10.3. The summed E-state index contributed by atoms with van der Waals surface area (Å²) in [6.07, 6.45) is 5.20. The molecule has 0 spiro atoms. The van der Waals surface area contributed by atoms with Gasteiger partial charge in [-0.05, 0) is 11.7 Å². The molecule has 1 atom stereocenters. The summed E-state index contributed by atoms with van der Waals surface area (Å²) in [7, 11) is 0. The minimum atomic E-state index is -0.316. The summed E-state index contributed by atoms with van der Waals surface area (Å²) >= 11 is 1.76. The first kappa shape index (κ1) is 10.9. The van der Waals surface area contributed by atoms with E-state index in [9.17, 15) is 5.11 Å². The average molecular weight is 172 g/mol. The fraction of sp³-hybridized carbons (Fsp3) is 0.778. The van der Waals surface area contributed by atoms with E-state index < -0.39 is 0 Å². The van der Waals surface area contributed by atoms with Crippen molar-refractivity contribution in [1.29, 1.82) is 0 Å². The maximum absolute atomic E-state index is 9.20. The first-order valence-electron chi connectivity index (χ1n) is 3.86. The number of thioether (sulfide) groups is 1. The van der Waals surface area contributed by atoms with Crippen LogP contribution in [-0.4, -0.2) is 22.7 Å². The van der Waals surface area contributed by atoms with Gasteiger partial charge in [0.05, 0.1) is 6.10 Å². The van der Waals surface area contributed by atoms with Crippen LogP contribution < -0.4 is 0 Å². The summed E-state index contributed by atoms with van der Waals surface area (Å²) in [5.74, 6) is 5.00. The molecule has 0 aliphatic rings. The molecular formula is C9H16OS. The third-order valence-electron chi connectivity index (χ3n) is 1.11. The SMILES string of the molecule is C#CCC(O)CSCC(C)C. The molecule has 0 saturated heterocycles. The summed E-state index contributed by atoms with van der Waals surface area (Å²) in [5, 5.41) is 9.20. The van der Waals surface area contributed by atoms with Crippen LogP contribution in [0.15, 0.2) is 0 Å². The van der Waals surface area contributed by atoms with Gasteiger partial charge in [0.15, 0.2) is 0 Å². The highest BCUT2D eigenvalue weighted by atomic mass is 32.2. The van der Waals surface area contributed by atoms with Crippen LogP contribution >= 0.6 is 11.8 Å². The molecule has 0 aliphatic carbocycles. The quantitative estimate of drug-likeness (QED) is 0.638. The fourth-order valence-corrected chi connectivity index (χ4v) is 1.63. The summed E-state index contributed by atoms with van der Waals surface area (Å²) in [6.45, 7) is 4.33. The van der Waals surface area contributed by atoms with Crippen molar-refractivity contribution < 1.29 is 5.11 Å². The summed E-state index contributed by atoms with van der Waals surface area (Å²) < 4.78 is 0. The summed E-state index contributed by atoms with van der Waals surface area (Å²) in [4.78, 5) is 0. The lowest BCUT2D eigenvalue weighted by Crippen LogP contribution is -2.09. The number of rotatable bonds is 5.